The van der Waals surface area contributed by atoms with Crippen molar-refractivity contribution in [3.8, 4) is 0 Å². The number of hydrogen-bond donors (Lipinski definition) is 0. The minimum atomic E-state index is 1.06. The minimum Gasteiger partial charge on any atom is -0.103 e. The van der Waals surface area contributed by atoms with Gasteiger partial charge in [0, 0.05) is 0 Å². The lowest BCUT2D eigenvalue weighted by Crippen LogP contribution is -1.85. The van der Waals surface area contributed by atoms with Crippen molar-refractivity contribution in [1.82, 2.24) is 0 Å². The Balaban J connectivity index is 2.50. The van der Waals surface area contributed by atoms with Crippen LogP contribution in [0.1, 0.15) is 32.1 Å². The van der Waals surface area contributed by atoms with Crippen LogP contribution >= 0.6 is 0 Å². The van der Waals surface area contributed by atoms with E-state index in [1.807, 2.05) is 6.08 Å². The molecule has 60 valence electrons. The van der Waals surface area contributed by atoms with E-state index in [1.165, 1.54) is 31.3 Å². The molecule has 0 nitrogen and oxygen atoms in total. The predicted molar refractivity (Wildman–Crippen MR) is 50.5 cm³/mol. The first-order valence-corrected chi connectivity index (χ1v) is 4.39. The summed E-state index contributed by atoms with van der Waals surface area (Å²) in [5.41, 5.74) is 1.52. The molecule has 0 aromatic heterocycles. The molecule has 1 aliphatic rings. The van der Waals surface area contributed by atoms with Gasteiger partial charge in [-0.3, -0.25) is 0 Å². The van der Waals surface area contributed by atoms with E-state index in [1.54, 1.807) is 0 Å². The quantitative estimate of drug-likeness (QED) is 0.525. The van der Waals surface area contributed by atoms with Gasteiger partial charge in [0.25, 0.3) is 0 Å². The topological polar surface area (TPSA) is 0 Å². The van der Waals surface area contributed by atoms with Crippen molar-refractivity contribution in [3.05, 3.63) is 36.5 Å². The van der Waals surface area contributed by atoms with E-state index in [0.717, 1.165) is 6.42 Å². The van der Waals surface area contributed by atoms with Gasteiger partial charge in [-0.2, -0.15) is 0 Å². The molecule has 0 N–H and O–H groups in total. The smallest absolute Gasteiger partial charge is 0.0138 e. The Hall–Kier alpha value is -0.780. The molecule has 0 saturated carbocycles. The number of hydrogen-bond acceptors (Lipinski definition) is 0. The Bertz CT molecular complexity index is 172. The van der Waals surface area contributed by atoms with Crippen LogP contribution in [0.15, 0.2) is 36.5 Å². The molecular weight excluding hydrogens is 132 g/mol. The molecule has 0 heteroatoms. The van der Waals surface area contributed by atoms with Gasteiger partial charge in [0.15, 0.2) is 0 Å². The van der Waals surface area contributed by atoms with Crippen LogP contribution < -0.4 is 0 Å². The molecule has 1 rings (SSSR count). The molecule has 0 bridgehead atoms. The summed E-state index contributed by atoms with van der Waals surface area (Å²) in [6.45, 7) is 3.74. The summed E-state index contributed by atoms with van der Waals surface area (Å²) in [4.78, 5) is 0. The average molecular weight is 148 g/mol. The van der Waals surface area contributed by atoms with E-state index in [2.05, 4.69) is 24.8 Å². The van der Waals surface area contributed by atoms with Crippen LogP contribution in [0.4, 0.5) is 0 Å². The molecule has 0 aromatic rings. The van der Waals surface area contributed by atoms with Gasteiger partial charge in [0.2, 0.25) is 0 Å². The van der Waals surface area contributed by atoms with Crippen molar-refractivity contribution >= 4 is 0 Å². The fourth-order valence-corrected chi connectivity index (χ4v) is 1.35. The van der Waals surface area contributed by atoms with Crippen LogP contribution in [0, 0.1) is 0 Å². The van der Waals surface area contributed by atoms with Crippen molar-refractivity contribution < 1.29 is 0 Å². The fraction of sp³-hybridized carbons (Fsp3) is 0.455. The van der Waals surface area contributed by atoms with Crippen LogP contribution in [-0.2, 0) is 0 Å². The second-order valence-corrected chi connectivity index (χ2v) is 2.99. The molecule has 0 heterocycles. The predicted octanol–water partition coefficient (Wildman–Crippen LogP) is 3.62. The Morgan fingerprint density at radius 3 is 3.18 bits per heavy atom. The van der Waals surface area contributed by atoms with Gasteiger partial charge in [-0.05, 0) is 32.1 Å². The van der Waals surface area contributed by atoms with Gasteiger partial charge in [-0.25, -0.2) is 0 Å². The zero-order chi connectivity index (χ0) is 7.94. The summed E-state index contributed by atoms with van der Waals surface area (Å²) in [6, 6.07) is 0. The molecule has 1 aliphatic carbocycles. The lowest BCUT2D eigenvalue weighted by molar-refractivity contribution is 0.729. The third-order valence-corrected chi connectivity index (χ3v) is 1.99. The summed E-state index contributed by atoms with van der Waals surface area (Å²) < 4.78 is 0. The highest BCUT2D eigenvalue weighted by molar-refractivity contribution is 5.15. The summed E-state index contributed by atoms with van der Waals surface area (Å²) in [5.74, 6) is 0. The highest BCUT2D eigenvalue weighted by Gasteiger charge is 1.95. The van der Waals surface area contributed by atoms with Crippen molar-refractivity contribution in [2.75, 3.05) is 0 Å². The maximum absolute atomic E-state index is 3.74. The molecule has 0 fully saturated rings. The van der Waals surface area contributed by atoms with Gasteiger partial charge in [0.05, 0.1) is 0 Å². The van der Waals surface area contributed by atoms with Crippen LogP contribution in [0.25, 0.3) is 0 Å². The van der Waals surface area contributed by atoms with Gasteiger partial charge < -0.3 is 0 Å². The maximum Gasteiger partial charge on any atom is -0.0138 e. The molecular formula is C11H16. The van der Waals surface area contributed by atoms with Crippen molar-refractivity contribution in [2.45, 2.75) is 32.1 Å². The molecule has 0 atom stereocenters. The van der Waals surface area contributed by atoms with Gasteiger partial charge in [-0.15, -0.1) is 6.58 Å². The zero-order valence-electron chi connectivity index (χ0n) is 7.05. The van der Waals surface area contributed by atoms with E-state index in [0.29, 0.717) is 0 Å². The van der Waals surface area contributed by atoms with Gasteiger partial charge >= 0.3 is 0 Å². The standard InChI is InChI=1S/C11H16/c1-2-8-11-9-6-4-3-5-7-10-11/h2,4,6,9H,1,3,5,7-8,10H2/b6-4-,11-9-. The second-order valence-electron chi connectivity index (χ2n) is 2.99. The van der Waals surface area contributed by atoms with Crippen LogP contribution in [0.2, 0.25) is 0 Å². The molecule has 0 saturated heterocycles. The third kappa shape index (κ3) is 3.22. The largest absolute Gasteiger partial charge is 0.103 e. The molecule has 0 amide bonds. The van der Waals surface area contributed by atoms with Crippen molar-refractivity contribution in [1.29, 1.82) is 0 Å². The molecule has 0 aromatic carbocycles. The first kappa shape index (κ1) is 8.32. The summed E-state index contributed by atoms with van der Waals surface area (Å²) in [7, 11) is 0. The van der Waals surface area contributed by atoms with E-state index in [9.17, 15) is 0 Å². The first-order chi connectivity index (χ1) is 5.43. The monoisotopic (exact) mass is 148 g/mol. The second kappa shape index (κ2) is 4.95. The van der Waals surface area contributed by atoms with E-state index in [-0.39, 0.29) is 0 Å². The number of rotatable bonds is 2. The van der Waals surface area contributed by atoms with Gasteiger partial charge in [-0.1, -0.05) is 29.9 Å². The summed E-state index contributed by atoms with van der Waals surface area (Å²) in [6.07, 6.45) is 14.9. The molecule has 0 radical (unpaired) electrons. The van der Waals surface area contributed by atoms with E-state index in [4.69, 9.17) is 0 Å². The maximum atomic E-state index is 3.74. The average Bonchev–Trinajstić information content (AvgIpc) is 1.94. The van der Waals surface area contributed by atoms with E-state index < -0.39 is 0 Å². The molecule has 0 aliphatic heterocycles. The van der Waals surface area contributed by atoms with Crippen molar-refractivity contribution in [2.24, 2.45) is 0 Å². The zero-order valence-corrected chi connectivity index (χ0v) is 7.05. The Morgan fingerprint density at radius 1 is 1.45 bits per heavy atom. The minimum absolute atomic E-state index is 1.06. The van der Waals surface area contributed by atoms with Crippen LogP contribution in [-0.4, -0.2) is 0 Å². The van der Waals surface area contributed by atoms with Crippen LogP contribution in [0.3, 0.4) is 0 Å². The number of allylic oxidation sites excluding steroid dienone is 5. The lowest BCUT2D eigenvalue weighted by atomic mass is 10.0. The molecule has 0 spiro atoms. The Labute approximate surface area is 69.3 Å². The van der Waals surface area contributed by atoms with Crippen LogP contribution in [0.5, 0.6) is 0 Å². The molecule has 0 unspecified atom stereocenters. The lowest BCUT2D eigenvalue weighted by Gasteiger charge is -2.05. The van der Waals surface area contributed by atoms with Gasteiger partial charge in [0.1, 0.15) is 0 Å². The van der Waals surface area contributed by atoms with E-state index >= 15 is 0 Å². The SMILES string of the molecule is C=CC/C1=C/C=C\CCCC1. The Kier molecular flexibility index (Phi) is 3.74. The fourth-order valence-electron chi connectivity index (χ4n) is 1.35. The first-order valence-electron chi connectivity index (χ1n) is 4.39. The molecule has 11 heavy (non-hydrogen) atoms. The highest BCUT2D eigenvalue weighted by atomic mass is 14.0. The van der Waals surface area contributed by atoms with Crippen molar-refractivity contribution in [3.63, 3.8) is 0 Å². The summed E-state index contributed by atoms with van der Waals surface area (Å²) >= 11 is 0. The normalized spacial score (nSPS) is 26.0. The highest BCUT2D eigenvalue weighted by Crippen LogP contribution is 2.15. The Morgan fingerprint density at radius 2 is 2.36 bits per heavy atom. The summed E-state index contributed by atoms with van der Waals surface area (Å²) in [5, 5.41) is 0. The third-order valence-electron chi connectivity index (χ3n) is 1.99.